The van der Waals surface area contributed by atoms with E-state index in [-0.39, 0.29) is 5.78 Å². The molecule has 0 aliphatic rings. The molecule has 5 heteroatoms. The third kappa shape index (κ3) is 2.13. The maximum absolute atomic E-state index is 11.1. The van der Waals surface area contributed by atoms with E-state index in [1.165, 1.54) is 11.3 Å². The molecule has 0 saturated heterocycles. The molecule has 2 heterocycles. The molecule has 0 unspecified atom stereocenters. The third-order valence-corrected chi connectivity index (χ3v) is 3.62. The van der Waals surface area contributed by atoms with Crippen LogP contribution in [0.25, 0.3) is 10.6 Å². The first-order valence-corrected chi connectivity index (χ1v) is 5.86. The molecule has 0 aliphatic carbocycles. The summed E-state index contributed by atoms with van der Waals surface area (Å²) in [5.74, 6) is 0.0453. The van der Waals surface area contributed by atoms with Crippen LogP contribution in [0.4, 0.5) is 0 Å². The van der Waals surface area contributed by atoms with E-state index in [0.717, 1.165) is 15.0 Å². The van der Waals surface area contributed by atoms with Crippen molar-refractivity contribution >= 4 is 33.0 Å². The van der Waals surface area contributed by atoms with Crippen LogP contribution in [0.5, 0.6) is 0 Å². The highest BCUT2D eigenvalue weighted by Gasteiger charge is 2.09. The van der Waals surface area contributed by atoms with Crippen molar-refractivity contribution in [3.05, 3.63) is 34.0 Å². The number of hydrogen-bond acceptors (Lipinski definition) is 4. The van der Waals surface area contributed by atoms with Gasteiger partial charge in [-0.15, -0.1) is 11.3 Å². The van der Waals surface area contributed by atoms with Crippen molar-refractivity contribution in [2.24, 2.45) is 0 Å². The number of Topliss-reactive ketones (excluding diaryl/α,β-unsaturated/α-hetero) is 1. The number of carbonyl (C=O) groups excluding carboxylic acids is 1. The zero-order chi connectivity index (χ0) is 10.8. The molecule has 2 rings (SSSR count). The fourth-order valence-corrected chi connectivity index (χ4v) is 2.53. The molecule has 2 aromatic heterocycles. The first-order chi connectivity index (χ1) is 7.18. The van der Waals surface area contributed by atoms with Crippen LogP contribution in [-0.2, 0) is 0 Å². The van der Waals surface area contributed by atoms with Crippen molar-refractivity contribution in [1.82, 2.24) is 9.97 Å². The van der Waals surface area contributed by atoms with E-state index in [9.17, 15) is 4.79 Å². The van der Waals surface area contributed by atoms with E-state index < -0.39 is 0 Å². The summed E-state index contributed by atoms with van der Waals surface area (Å²) in [6, 6.07) is 1.87. The van der Waals surface area contributed by atoms with E-state index in [0.29, 0.717) is 4.88 Å². The molecule has 0 amide bonds. The van der Waals surface area contributed by atoms with Gasteiger partial charge in [-0.05, 0) is 22.0 Å². The normalized spacial score (nSPS) is 10.3. The largest absolute Gasteiger partial charge is 0.294 e. The van der Waals surface area contributed by atoms with Crippen molar-refractivity contribution in [3.8, 4) is 10.6 Å². The Bertz CT molecular complexity index is 510. The highest BCUT2D eigenvalue weighted by Crippen LogP contribution is 2.30. The summed E-state index contributed by atoms with van der Waals surface area (Å²) in [4.78, 5) is 20.0. The third-order valence-electron chi connectivity index (χ3n) is 1.86. The van der Waals surface area contributed by atoms with Crippen LogP contribution >= 0.6 is 27.3 Å². The van der Waals surface area contributed by atoms with Gasteiger partial charge in [-0.3, -0.25) is 9.78 Å². The number of carbonyl (C=O) groups is 1. The molecular weight excluding hydrogens is 276 g/mol. The maximum Gasteiger partial charge on any atom is 0.171 e. The number of halogens is 1. The van der Waals surface area contributed by atoms with Gasteiger partial charge in [0.05, 0.1) is 4.88 Å². The van der Waals surface area contributed by atoms with Crippen molar-refractivity contribution < 1.29 is 4.79 Å². The Morgan fingerprint density at radius 3 is 2.87 bits per heavy atom. The lowest BCUT2D eigenvalue weighted by Gasteiger charge is -1.97. The molecular formula is C10H7BrN2OS. The minimum atomic E-state index is 0.0453. The first kappa shape index (κ1) is 10.4. The van der Waals surface area contributed by atoms with Crippen LogP contribution in [0.3, 0.4) is 0 Å². The van der Waals surface area contributed by atoms with E-state index in [2.05, 4.69) is 25.9 Å². The van der Waals surface area contributed by atoms with Gasteiger partial charge in [-0.25, -0.2) is 4.98 Å². The summed E-state index contributed by atoms with van der Waals surface area (Å²) < 4.78 is 0.884. The summed E-state index contributed by atoms with van der Waals surface area (Å²) in [6.45, 7) is 1.54. The molecule has 0 fully saturated rings. The molecule has 15 heavy (non-hydrogen) atoms. The highest BCUT2D eigenvalue weighted by molar-refractivity contribution is 9.10. The quantitative estimate of drug-likeness (QED) is 0.795. The van der Waals surface area contributed by atoms with Gasteiger partial charge in [0.25, 0.3) is 0 Å². The molecule has 0 atom stereocenters. The van der Waals surface area contributed by atoms with E-state index >= 15 is 0 Å². The number of nitrogens with zero attached hydrogens (tertiary/aromatic N) is 2. The SMILES string of the molecule is CC(=O)c1cnc(-c2ccncc2Br)s1. The second-order valence-corrected chi connectivity index (χ2v) is 4.83. The summed E-state index contributed by atoms with van der Waals surface area (Å²) in [5, 5.41) is 0.828. The lowest BCUT2D eigenvalue weighted by Crippen LogP contribution is -1.83. The van der Waals surface area contributed by atoms with Gasteiger partial charge in [-0.2, -0.15) is 0 Å². The Hall–Kier alpha value is -1.07. The first-order valence-electron chi connectivity index (χ1n) is 4.25. The monoisotopic (exact) mass is 282 g/mol. The van der Waals surface area contributed by atoms with Gasteiger partial charge in [0.15, 0.2) is 5.78 Å². The van der Waals surface area contributed by atoms with E-state index in [1.54, 1.807) is 25.5 Å². The second kappa shape index (κ2) is 4.20. The Kier molecular flexibility index (Phi) is 2.93. The van der Waals surface area contributed by atoms with E-state index in [4.69, 9.17) is 0 Å². The Labute approximate surface area is 99.3 Å². The molecule has 0 saturated carbocycles. The molecule has 0 radical (unpaired) electrons. The average Bonchev–Trinajstić information content (AvgIpc) is 2.67. The Morgan fingerprint density at radius 1 is 1.47 bits per heavy atom. The number of aromatic nitrogens is 2. The predicted molar refractivity (Wildman–Crippen MR) is 63.0 cm³/mol. The zero-order valence-electron chi connectivity index (χ0n) is 7.90. The van der Waals surface area contributed by atoms with Crippen LogP contribution in [0, 0.1) is 0 Å². The number of thiazole rings is 1. The van der Waals surface area contributed by atoms with Crippen molar-refractivity contribution in [3.63, 3.8) is 0 Å². The number of hydrogen-bond donors (Lipinski definition) is 0. The Balaban J connectivity index is 2.46. The van der Waals surface area contributed by atoms with Crippen molar-refractivity contribution in [2.45, 2.75) is 6.92 Å². The summed E-state index contributed by atoms with van der Waals surface area (Å²) in [7, 11) is 0. The number of ketones is 1. The van der Waals surface area contributed by atoms with Crippen molar-refractivity contribution in [2.75, 3.05) is 0 Å². The minimum absolute atomic E-state index is 0.0453. The van der Waals surface area contributed by atoms with Crippen molar-refractivity contribution in [1.29, 1.82) is 0 Å². The molecule has 0 aromatic carbocycles. The van der Waals surface area contributed by atoms with Gasteiger partial charge in [0, 0.05) is 35.6 Å². The smallest absolute Gasteiger partial charge is 0.171 e. The van der Waals surface area contributed by atoms with Gasteiger partial charge >= 0.3 is 0 Å². The minimum Gasteiger partial charge on any atom is -0.294 e. The maximum atomic E-state index is 11.1. The van der Waals surface area contributed by atoms with E-state index in [1.807, 2.05) is 6.07 Å². The highest BCUT2D eigenvalue weighted by atomic mass is 79.9. The van der Waals surface area contributed by atoms with Gasteiger partial charge in [0.1, 0.15) is 5.01 Å². The van der Waals surface area contributed by atoms with Crippen LogP contribution < -0.4 is 0 Å². The van der Waals surface area contributed by atoms with Gasteiger partial charge < -0.3 is 0 Å². The lowest BCUT2D eigenvalue weighted by atomic mass is 10.3. The molecule has 0 aliphatic heterocycles. The molecule has 76 valence electrons. The van der Waals surface area contributed by atoms with Crippen LogP contribution in [0.2, 0.25) is 0 Å². The van der Waals surface area contributed by atoms with Crippen LogP contribution in [0.1, 0.15) is 16.6 Å². The molecule has 2 aromatic rings. The molecule has 0 bridgehead atoms. The standard InChI is InChI=1S/C10H7BrN2OS/c1-6(14)9-5-13-10(15-9)7-2-3-12-4-8(7)11/h2-5H,1H3. The fourth-order valence-electron chi connectivity index (χ4n) is 1.11. The topological polar surface area (TPSA) is 42.9 Å². The van der Waals surface area contributed by atoms with Gasteiger partial charge in [0.2, 0.25) is 0 Å². The molecule has 0 N–H and O–H groups in total. The number of rotatable bonds is 2. The Morgan fingerprint density at radius 2 is 2.27 bits per heavy atom. The molecule has 0 spiro atoms. The zero-order valence-corrected chi connectivity index (χ0v) is 10.3. The summed E-state index contributed by atoms with van der Waals surface area (Å²) >= 11 is 4.79. The number of pyridine rings is 1. The van der Waals surface area contributed by atoms with Gasteiger partial charge in [-0.1, -0.05) is 0 Å². The van der Waals surface area contributed by atoms with Crippen LogP contribution in [-0.4, -0.2) is 15.8 Å². The second-order valence-electron chi connectivity index (χ2n) is 2.94. The average molecular weight is 283 g/mol. The predicted octanol–water partition coefficient (Wildman–Crippen LogP) is 3.17. The summed E-state index contributed by atoms with van der Waals surface area (Å²) in [5.41, 5.74) is 0.961. The molecule has 3 nitrogen and oxygen atoms in total. The van der Waals surface area contributed by atoms with Crippen LogP contribution in [0.15, 0.2) is 29.1 Å². The fraction of sp³-hybridized carbons (Fsp3) is 0.100. The summed E-state index contributed by atoms with van der Waals surface area (Å²) in [6.07, 6.45) is 5.02. The lowest BCUT2D eigenvalue weighted by molar-refractivity contribution is 0.102.